The zero-order valence-corrected chi connectivity index (χ0v) is 6.55. The topological polar surface area (TPSA) is 32.3 Å². The number of hydrogen-bond acceptors (Lipinski definition) is 2. The molecule has 0 saturated carbocycles. The molecule has 1 heterocycles. The third-order valence-electron chi connectivity index (χ3n) is 1.94. The van der Waals surface area contributed by atoms with E-state index in [0.29, 0.717) is 0 Å². The van der Waals surface area contributed by atoms with Crippen LogP contribution in [0.2, 0.25) is 0 Å². The second-order valence-electron chi connectivity index (χ2n) is 2.68. The highest BCUT2D eigenvalue weighted by Gasteiger charge is 2.29. The van der Waals surface area contributed by atoms with Crippen LogP contribution in [0.5, 0.6) is 0 Å². The first-order valence-electron chi connectivity index (χ1n) is 3.73. The number of nitrogens with one attached hydrogen (secondary N) is 1. The van der Waals surface area contributed by atoms with Crippen molar-refractivity contribution < 1.29 is 4.79 Å². The molecule has 58 valence electrons. The van der Waals surface area contributed by atoms with Crippen LogP contribution in [0.1, 0.15) is 13.3 Å². The van der Waals surface area contributed by atoms with Crippen molar-refractivity contribution in [3.63, 3.8) is 0 Å². The van der Waals surface area contributed by atoms with E-state index >= 15 is 0 Å². The van der Waals surface area contributed by atoms with Crippen LogP contribution in [-0.4, -0.2) is 37.0 Å². The SMILES string of the molecule is CCNC(=O)C1CCN1C. The average Bonchev–Trinajstić information content (AvgIpc) is 1.85. The highest BCUT2D eigenvalue weighted by atomic mass is 16.2. The van der Waals surface area contributed by atoms with Gasteiger partial charge in [-0.1, -0.05) is 0 Å². The Labute approximate surface area is 61.4 Å². The number of likely N-dealkylation sites (tertiary alicyclic amines) is 1. The zero-order valence-electron chi connectivity index (χ0n) is 6.55. The molecule has 10 heavy (non-hydrogen) atoms. The number of likely N-dealkylation sites (N-methyl/N-ethyl adjacent to an activating group) is 2. The van der Waals surface area contributed by atoms with Gasteiger partial charge in [-0.3, -0.25) is 9.69 Å². The molecule has 0 aromatic heterocycles. The van der Waals surface area contributed by atoms with Crippen molar-refractivity contribution in [1.29, 1.82) is 0 Å². The molecule has 1 rings (SSSR count). The van der Waals surface area contributed by atoms with Crippen molar-refractivity contribution in [1.82, 2.24) is 10.2 Å². The standard InChI is InChI=1S/C7H14N2O/c1-3-8-7(10)6-4-5-9(6)2/h6H,3-5H2,1-2H3,(H,8,10). The van der Waals surface area contributed by atoms with Crippen LogP contribution in [0.4, 0.5) is 0 Å². The highest BCUT2D eigenvalue weighted by molar-refractivity contribution is 5.82. The first-order chi connectivity index (χ1) is 4.75. The van der Waals surface area contributed by atoms with E-state index in [0.717, 1.165) is 19.5 Å². The Morgan fingerprint density at radius 2 is 2.50 bits per heavy atom. The van der Waals surface area contributed by atoms with Gasteiger partial charge in [0, 0.05) is 13.1 Å². The maximum Gasteiger partial charge on any atom is 0.237 e. The van der Waals surface area contributed by atoms with E-state index in [1.807, 2.05) is 14.0 Å². The maximum absolute atomic E-state index is 11.1. The molecule has 0 bridgehead atoms. The maximum atomic E-state index is 11.1. The van der Waals surface area contributed by atoms with Crippen molar-refractivity contribution in [2.24, 2.45) is 0 Å². The van der Waals surface area contributed by atoms with E-state index in [2.05, 4.69) is 10.2 Å². The molecule has 1 amide bonds. The van der Waals surface area contributed by atoms with Crippen LogP contribution in [0, 0.1) is 0 Å². The molecule has 1 fully saturated rings. The van der Waals surface area contributed by atoms with E-state index in [4.69, 9.17) is 0 Å². The van der Waals surface area contributed by atoms with Gasteiger partial charge in [-0.15, -0.1) is 0 Å². The Morgan fingerprint density at radius 3 is 2.80 bits per heavy atom. The van der Waals surface area contributed by atoms with Gasteiger partial charge >= 0.3 is 0 Å². The Balaban J connectivity index is 2.27. The summed E-state index contributed by atoms with van der Waals surface area (Å²) in [5.41, 5.74) is 0. The monoisotopic (exact) mass is 142 g/mol. The Morgan fingerprint density at radius 1 is 1.80 bits per heavy atom. The Hall–Kier alpha value is -0.570. The summed E-state index contributed by atoms with van der Waals surface area (Å²) < 4.78 is 0. The first-order valence-corrected chi connectivity index (χ1v) is 3.73. The van der Waals surface area contributed by atoms with E-state index in [1.54, 1.807) is 0 Å². The largest absolute Gasteiger partial charge is 0.355 e. The summed E-state index contributed by atoms with van der Waals surface area (Å²) in [6.45, 7) is 3.74. The quantitative estimate of drug-likeness (QED) is 0.580. The molecule has 1 aliphatic heterocycles. The Bertz CT molecular complexity index is 136. The van der Waals surface area contributed by atoms with Gasteiger partial charge in [-0.05, 0) is 20.4 Å². The van der Waals surface area contributed by atoms with Crippen molar-refractivity contribution in [2.45, 2.75) is 19.4 Å². The van der Waals surface area contributed by atoms with E-state index in [1.165, 1.54) is 0 Å². The number of amides is 1. The first kappa shape index (κ1) is 7.54. The molecule has 0 aliphatic carbocycles. The molecule has 0 aromatic rings. The molecular weight excluding hydrogens is 128 g/mol. The second-order valence-corrected chi connectivity index (χ2v) is 2.68. The fourth-order valence-electron chi connectivity index (χ4n) is 1.14. The average molecular weight is 142 g/mol. The number of nitrogens with zero attached hydrogens (tertiary/aromatic N) is 1. The Kier molecular flexibility index (Phi) is 2.27. The lowest BCUT2D eigenvalue weighted by atomic mass is 10.0. The van der Waals surface area contributed by atoms with Crippen LogP contribution in [0.15, 0.2) is 0 Å². The molecular formula is C7H14N2O. The van der Waals surface area contributed by atoms with Crippen molar-refractivity contribution in [2.75, 3.05) is 20.1 Å². The molecule has 3 nitrogen and oxygen atoms in total. The lowest BCUT2D eigenvalue weighted by molar-refractivity contribution is -0.129. The molecule has 1 atom stereocenters. The van der Waals surface area contributed by atoms with Gasteiger partial charge in [0.05, 0.1) is 6.04 Å². The van der Waals surface area contributed by atoms with Crippen LogP contribution in [-0.2, 0) is 4.79 Å². The zero-order chi connectivity index (χ0) is 7.56. The van der Waals surface area contributed by atoms with Crippen LogP contribution in [0.25, 0.3) is 0 Å². The molecule has 1 aliphatic rings. The third-order valence-corrected chi connectivity index (χ3v) is 1.94. The van der Waals surface area contributed by atoms with Crippen molar-refractivity contribution in [3.8, 4) is 0 Å². The fraction of sp³-hybridized carbons (Fsp3) is 0.857. The number of carbonyl (C=O) groups excluding carboxylic acids is 1. The van der Waals surface area contributed by atoms with Crippen LogP contribution in [0.3, 0.4) is 0 Å². The summed E-state index contributed by atoms with van der Waals surface area (Å²) in [6.07, 6.45) is 1.02. The lowest BCUT2D eigenvalue weighted by Crippen LogP contribution is -2.53. The predicted octanol–water partition coefficient (Wildman–Crippen LogP) is -0.173. The minimum Gasteiger partial charge on any atom is -0.355 e. The highest BCUT2D eigenvalue weighted by Crippen LogP contribution is 2.13. The molecule has 0 spiro atoms. The van der Waals surface area contributed by atoms with Gasteiger partial charge in [-0.25, -0.2) is 0 Å². The van der Waals surface area contributed by atoms with Gasteiger partial charge < -0.3 is 5.32 Å². The summed E-state index contributed by atoms with van der Waals surface area (Å²) in [5.74, 6) is 0.177. The normalized spacial score (nSPS) is 25.6. The fourth-order valence-corrected chi connectivity index (χ4v) is 1.14. The van der Waals surface area contributed by atoms with E-state index < -0.39 is 0 Å². The van der Waals surface area contributed by atoms with Gasteiger partial charge in [0.15, 0.2) is 0 Å². The molecule has 1 saturated heterocycles. The van der Waals surface area contributed by atoms with Crippen molar-refractivity contribution in [3.05, 3.63) is 0 Å². The minimum atomic E-state index is 0.153. The molecule has 3 heteroatoms. The summed E-state index contributed by atoms with van der Waals surface area (Å²) in [6, 6.07) is 0.153. The second kappa shape index (κ2) is 3.01. The van der Waals surface area contributed by atoms with Gasteiger partial charge in [0.25, 0.3) is 0 Å². The molecule has 0 aromatic carbocycles. The van der Waals surface area contributed by atoms with Crippen molar-refractivity contribution >= 4 is 5.91 Å². The van der Waals surface area contributed by atoms with E-state index in [9.17, 15) is 4.79 Å². The molecule has 0 radical (unpaired) electrons. The molecule has 1 N–H and O–H groups in total. The minimum absolute atomic E-state index is 0.153. The summed E-state index contributed by atoms with van der Waals surface area (Å²) in [5, 5.41) is 2.80. The number of hydrogen-bond donors (Lipinski definition) is 1. The van der Waals surface area contributed by atoms with E-state index in [-0.39, 0.29) is 11.9 Å². The lowest BCUT2D eigenvalue weighted by Gasteiger charge is -2.36. The molecule has 1 unspecified atom stereocenters. The third kappa shape index (κ3) is 1.29. The van der Waals surface area contributed by atoms with Gasteiger partial charge in [0.2, 0.25) is 5.91 Å². The van der Waals surface area contributed by atoms with Gasteiger partial charge in [-0.2, -0.15) is 0 Å². The predicted molar refractivity (Wildman–Crippen MR) is 39.7 cm³/mol. The smallest absolute Gasteiger partial charge is 0.237 e. The van der Waals surface area contributed by atoms with Crippen LogP contribution >= 0.6 is 0 Å². The summed E-state index contributed by atoms with van der Waals surface area (Å²) in [7, 11) is 1.98. The summed E-state index contributed by atoms with van der Waals surface area (Å²) >= 11 is 0. The van der Waals surface area contributed by atoms with Crippen LogP contribution < -0.4 is 5.32 Å². The number of carbonyl (C=O) groups is 1. The number of rotatable bonds is 2. The summed E-state index contributed by atoms with van der Waals surface area (Å²) in [4.78, 5) is 13.1. The van der Waals surface area contributed by atoms with Gasteiger partial charge in [0.1, 0.15) is 0 Å².